The third kappa shape index (κ3) is 6.23. The molecule has 0 aromatic rings. The number of ether oxygens (including phenoxy) is 1. The van der Waals surface area contributed by atoms with Crippen molar-refractivity contribution < 1.29 is 19.4 Å². The van der Waals surface area contributed by atoms with Crippen molar-refractivity contribution in [3.8, 4) is 0 Å². The van der Waals surface area contributed by atoms with E-state index in [9.17, 15) is 14.7 Å². The molecule has 0 aliphatic heterocycles. The number of carboxylic acid groups (broad SMARTS) is 1. The maximum atomic E-state index is 11.7. The van der Waals surface area contributed by atoms with Gasteiger partial charge in [-0.25, -0.2) is 9.59 Å². The Kier molecular flexibility index (Phi) is 5.80. The highest BCUT2D eigenvalue weighted by atomic mass is 16.6. The Labute approximate surface area is 120 Å². The standard InChI is InChI=1S/C14H26N2O4/c1-14(2,3)20-13(19)16-11(12(17)18)8-9-4-6-10(15)7-5-9/h9-11H,4-8,15H2,1-3H3,(H,16,19)(H,17,18)/t9-,10-,11-/m0/s1. The number of aliphatic carboxylic acids is 1. The van der Waals surface area contributed by atoms with Gasteiger partial charge in [0.15, 0.2) is 0 Å². The Hall–Kier alpha value is -1.30. The Bertz CT molecular complexity index is 344. The van der Waals surface area contributed by atoms with Crippen molar-refractivity contribution in [3.63, 3.8) is 0 Å². The van der Waals surface area contributed by atoms with Crippen LogP contribution in [0.3, 0.4) is 0 Å². The van der Waals surface area contributed by atoms with E-state index in [1.54, 1.807) is 20.8 Å². The van der Waals surface area contributed by atoms with E-state index in [4.69, 9.17) is 10.5 Å². The second-order valence-corrected chi connectivity index (χ2v) is 6.55. The average molecular weight is 286 g/mol. The highest BCUT2D eigenvalue weighted by Crippen LogP contribution is 2.27. The Morgan fingerprint density at radius 1 is 1.30 bits per heavy atom. The summed E-state index contributed by atoms with van der Waals surface area (Å²) < 4.78 is 5.09. The molecule has 0 radical (unpaired) electrons. The van der Waals surface area contributed by atoms with Crippen LogP contribution in [0.25, 0.3) is 0 Å². The molecule has 0 aromatic carbocycles. The van der Waals surface area contributed by atoms with Crippen LogP contribution < -0.4 is 11.1 Å². The van der Waals surface area contributed by atoms with E-state index in [0.29, 0.717) is 12.3 Å². The van der Waals surface area contributed by atoms with Crippen LogP contribution in [0.15, 0.2) is 0 Å². The Balaban J connectivity index is 2.48. The fraction of sp³-hybridized carbons (Fsp3) is 0.857. The fourth-order valence-corrected chi connectivity index (χ4v) is 2.43. The molecule has 4 N–H and O–H groups in total. The molecule has 1 amide bonds. The molecule has 0 heterocycles. The van der Waals surface area contributed by atoms with Crippen molar-refractivity contribution in [2.75, 3.05) is 0 Å². The van der Waals surface area contributed by atoms with Gasteiger partial charge in [-0.1, -0.05) is 0 Å². The van der Waals surface area contributed by atoms with E-state index in [2.05, 4.69) is 5.32 Å². The molecule has 116 valence electrons. The van der Waals surface area contributed by atoms with E-state index in [0.717, 1.165) is 25.7 Å². The number of carbonyl (C=O) groups is 2. The van der Waals surface area contributed by atoms with Gasteiger partial charge < -0.3 is 20.9 Å². The molecule has 0 aromatic heterocycles. The van der Waals surface area contributed by atoms with Gasteiger partial charge in [0.1, 0.15) is 11.6 Å². The summed E-state index contributed by atoms with van der Waals surface area (Å²) in [6.07, 6.45) is 3.42. The zero-order valence-corrected chi connectivity index (χ0v) is 12.5. The normalized spacial score (nSPS) is 24.8. The summed E-state index contributed by atoms with van der Waals surface area (Å²) in [5.41, 5.74) is 5.20. The van der Waals surface area contributed by atoms with Crippen molar-refractivity contribution in [2.24, 2.45) is 11.7 Å². The number of rotatable bonds is 4. The van der Waals surface area contributed by atoms with Crippen LogP contribution in [0.4, 0.5) is 4.79 Å². The van der Waals surface area contributed by atoms with Crippen LogP contribution in [-0.4, -0.2) is 34.9 Å². The summed E-state index contributed by atoms with van der Waals surface area (Å²) in [5.74, 6) is -0.725. The third-order valence-electron chi connectivity index (χ3n) is 3.45. The average Bonchev–Trinajstić information content (AvgIpc) is 2.28. The van der Waals surface area contributed by atoms with Gasteiger partial charge in [-0.15, -0.1) is 0 Å². The number of amides is 1. The summed E-state index contributed by atoms with van der Waals surface area (Å²) in [5, 5.41) is 11.6. The molecule has 0 saturated heterocycles. The maximum absolute atomic E-state index is 11.7. The topological polar surface area (TPSA) is 102 Å². The van der Waals surface area contributed by atoms with E-state index >= 15 is 0 Å². The fourth-order valence-electron chi connectivity index (χ4n) is 2.43. The SMILES string of the molecule is CC(C)(C)OC(=O)N[C@@H](C[C@H]1CC[C@H](N)CC1)C(=O)O. The minimum atomic E-state index is -1.02. The molecule has 0 unspecified atom stereocenters. The van der Waals surface area contributed by atoms with E-state index in [1.807, 2.05) is 0 Å². The lowest BCUT2D eigenvalue weighted by atomic mass is 9.82. The molecule has 1 saturated carbocycles. The van der Waals surface area contributed by atoms with Crippen LogP contribution in [0, 0.1) is 5.92 Å². The second kappa shape index (κ2) is 6.92. The number of nitrogens with one attached hydrogen (secondary N) is 1. The quantitative estimate of drug-likeness (QED) is 0.732. The van der Waals surface area contributed by atoms with Crippen LogP contribution >= 0.6 is 0 Å². The predicted molar refractivity (Wildman–Crippen MR) is 75.3 cm³/mol. The first-order valence-electron chi connectivity index (χ1n) is 7.15. The zero-order valence-electron chi connectivity index (χ0n) is 12.5. The number of carbonyl (C=O) groups excluding carboxylic acids is 1. The van der Waals surface area contributed by atoms with E-state index in [-0.39, 0.29) is 6.04 Å². The first kappa shape index (κ1) is 16.8. The number of hydrogen-bond donors (Lipinski definition) is 3. The minimum absolute atomic E-state index is 0.230. The first-order chi connectivity index (χ1) is 9.17. The van der Waals surface area contributed by atoms with Crippen molar-refractivity contribution in [2.45, 2.75) is 70.6 Å². The molecule has 0 spiro atoms. The van der Waals surface area contributed by atoms with Crippen LogP contribution in [-0.2, 0) is 9.53 Å². The van der Waals surface area contributed by atoms with Crippen molar-refractivity contribution in [3.05, 3.63) is 0 Å². The molecule has 6 nitrogen and oxygen atoms in total. The largest absolute Gasteiger partial charge is 0.480 e. The molecule has 1 aliphatic rings. The number of hydrogen-bond acceptors (Lipinski definition) is 4. The van der Waals surface area contributed by atoms with Gasteiger partial charge in [0, 0.05) is 6.04 Å². The molecule has 1 rings (SSSR count). The van der Waals surface area contributed by atoms with Gasteiger partial charge >= 0.3 is 12.1 Å². The Morgan fingerprint density at radius 3 is 2.30 bits per heavy atom. The van der Waals surface area contributed by atoms with Crippen molar-refractivity contribution >= 4 is 12.1 Å². The van der Waals surface area contributed by atoms with Crippen molar-refractivity contribution in [1.29, 1.82) is 0 Å². The number of carboxylic acids is 1. The highest BCUT2D eigenvalue weighted by molar-refractivity contribution is 5.80. The lowest BCUT2D eigenvalue weighted by molar-refractivity contribution is -0.140. The molecule has 0 bridgehead atoms. The van der Waals surface area contributed by atoms with Crippen molar-refractivity contribution in [1.82, 2.24) is 5.32 Å². The zero-order chi connectivity index (χ0) is 15.3. The minimum Gasteiger partial charge on any atom is -0.480 e. The smallest absolute Gasteiger partial charge is 0.408 e. The van der Waals surface area contributed by atoms with Gasteiger partial charge in [-0.05, 0) is 58.8 Å². The maximum Gasteiger partial charge on any atom is 0.408 e. The second-order valence-electron chi connectivity index (χ2n) is 6.55. The highest BCUT2D eigenvalue weighted by Gasteiger charge is 2.28. The van der Waals surface area contributed by atoms with Crippen LogP contribution in [0.5, 0.6) is 0 Å². The third-order valence-corrected chi connectivity index (χ3v) is 3.45. The Morgan fingerprint density at radius 2 is 1.85 bits per heavy atom. The van der Waals surface area contributed by atoms with Gasteiger partial charge in [0.25, 0.3) is 0 Å². The van der Waals surface area contributed by atoms with E-state index in [1.165, 1.54) is 0 Å². The number of alkyl carbamates (subject to hydrolysis) is 1. The summed E-state index contributed by atoms with van der Waals surface area (Å²) in [4.78, 5) is 22.9. The molecule has 1 fully saturated rings. The first-order valence-corrected chi connectivity index (χ1v) is 7.15. The summed E-state index contributed by atoms with van der Waals surface area (Å²) in [6.45, 7) is 5.22. The van der Waals surface area contributed by atoms with Gasteiger partial charge in [0.05, 0.1) is 0 Å². The van der Waals surface area contributed by atoms with Gasteiger partial charge in [0.2, 0.25) is 0 Å². The van der Waals surface area contributed by atoms with Gasteiger partial charge in [-0.2, -0.15) is 0 Å². The van der Waals surface area contributed by atoms with Crippen LogP contribution in [0.1, 0.15) is 52.9 Å². The lowest BCUT2D eigenvalue weighted by Crippen LogP contribution is -2.45. The monoisotopic (exact) mass is 286 g/mol. The lowest BCUT2D eigenvalue weighted by Gasteiger charge is -2.28. The predicted octanol–water partition coefficient (Wildman–Crippen LogP) is 1.87. The van der Waals surface area contributed by atoms with Gasteiger partial charge in [-0.3, -0.25) is 0 Å². The molecule has 1 atom stereocenters. The van der Waals surface area contributed by atoms with E-state index < -0.39 is 23.7 Å². The molecular formula is C14H26N2O4. The molecule has 6 heteroatoms. The summed E-state index contributed by atoms with van der Waals surface area (Å²) in [7, 11) is 0. The summed E-state index contributed by atoms with van der Waals surface area (Å²) in [6, 6.07) is -0.669. The van der Waals surface area contributed by atoms with Crippen LogP contribution in [0.2, 0.25) is 0 Å². The molecule has 20 heavy (non-hydrogen) atoms. The molecular weight excluding hydrogens is 260 g/mol. The number of nitrogens with two attached hydrogens (primary N) is 1. The molecule has 1 aliphatic carbocycles. The summed E-state index contributed by atoms with van der Waals surface area (Å²) >= 11 is 0.